The van der Waals surface area contributed by atoms with Gasteiger partial charge in [-0.05, 0) is 82.4 Å². The molecule has 0 spiro atoms. The highest BCUT2D eigenvalue weighted by atomic mass is 16.3. The maximum absolute atomic E-state index is 6.96. The van der Waals surface area contributed by atoms with Crippen LogP contribution >= 0.6 is 0 Å². The van der Waals surface area contributed by atoms with Crippen molar-refractivity contribution in [1.82, 2.24) is 4.57 Å². The smallest absolute Gasteiger partial charge is 0.143 e. The molecule has 2 heterocycles. The molecule has 0 N–H and O–H groups in total. The second-order valence-electron chi connectivity index (χ2n) is 15.6. The summed E-state index contributed by atoms with van der Waals surface area (Å²) in [6.07, 6.45) is 0. The number of furan rings is 1. The van der Waals surface area contributed by atoms with E-state index in [0.29, 0.717) is 0 Å². The number of rotatable bonds is 7. The number of anilines is 3. The molecule has 0 bridgehead atoms. The fraction of sp³-hybridized carbons (Fsp3) is 0. The lowest BCUT2D eigenvalue weighted by Crippen LogP contribution is -2.10. The highest BCUT2D eigenvalue weighted by Crippen LogP contribution is 2.48. The van der Waals surface area contributed by atoms with E-state index in [1.807, 2.05) is 0 Å². The van der Waals surface area contributed by atoms with Gasteiger partial charge in [-0.2, -0.15) is 0 Å². The van der Waals surface area contributed by atoms with E-state index in [1.165, 1.54) is 44.1 Å². The van der Waals surface area contributed by atoms with Crippen molar-refractivity contribution in [3.05, 3.63) is 231 Å². The van der Waals surface area contributed by atoms with Gasteiger partial charge in [0.1, 0.15) is 11.2 Å². The number of hydrogen-bond donors (Lipinski definition) is 0. The third kappa shape index (κ3) is 5.74. The van der Waals surface area contributed by atoms with Crippen molar-refractivity contribution in [2.24, 2.45) is 0 Å². The predicted octanol–water partition coefficient (Wildman–Crippen LogP) is 16.3. The summed E-state index contributed by atoms with van der Waals surface area (Å²) in [5.41, 5.74) is 15.5. The van der Waals surface area contributed by atoms with E-state index < -0.39 is 0 Å². The SMILES string of the molecule is c1ccc(-c2ccc(N(c3ccc(-c4ccccc4)cc3)c3cc4c(oc5cccc(-c6cccc7c8ccccc8n(-c8ccccc8)c67)c54)c4ccccc34)cc2)cc1. The Morgan fingerprint density at radius 3 is 1.52 bits per heavy atom. The Morgan fingerprint density at radius 1 is 0.361 bits per heavy atom. The average Bonchev–Trinajstić information content (AvgIpc) is 3.89. The van der Waals surface area contributed by atoms with Crippen LogP contribution in [0.5, 0.6) is 0 Å². The van der Waals surface area contributed by atoms with Crippen molar-refractivity contribution >= 4 is 71.6 Å². The topological polar surface area (TPSA) is 21.3 Å². The third-order valence-corrected chi connectivity index (χ3v) is 12.2. The van der Waals surface area contributed by atoms with Crippen molar-refractivity contribution in [2.75, 3.05) is 4.90 Å². The second-order valence-corrected chi connectivity index (χ2v) is 15.6. The van der Waals surface area contributed by atoms with Crippen molar-refractivity contribution < 1.29 is 4.42 Å². The molecule has 286 valence electrons. The fourth-order valence-electron chi connectivity index (χ4n) is 9.41. The summed E-state index contributed by atoms with van der Waals surface area (Å²) in [5, 5.41) is 6.80. The molecule has 0 aliphatic carbocycles. The molecule has 0 radical (unpaired) electrons. The molecule has 3 heteroatoms. The molecule has 12 rings (SSSR count). The van der Waals surface area contributed by atoms with E-state index in [4.69, 9.17) is 4.42 Å². The van der Waals surface area contributed by atoms with Gasteiger partial charge in [0.25, 0.3) is 0 Å². The zero-order chi connectivity index (χ0) is 40.3. The van der Waals surface area contributed by atoms with Gasteiger partial charge in [0.15, 0.2) is 0 Å². The lowest BCUT2D eigenvalue weighted by atomic mass is 9.95. The van der Waals surface area contributed by atoms with Crippen LogP contribution in [0.25, 0.3) is 93.6 Å². The summed E-state index contributed by atoms with van der Waals surface area (Å²) in [6, 6.07) is 82.8. The molecule has 0 unspecified atom stereocenters. The van der Waals surface area contributed by atoms with E-state index in [2.05, 4.69) is 240 Å². The van der Waals surface area contributed by atoms with Gasteiger partial charge in [-0.15, -0.1) is 0 Å². The molecule has 0 aliphatic heterocycles. The quantitative estimate of drug-likeness (QED) is 0.161. The van der Waals surface area contributed by atoms with E-state index >= 15 is 0 Å². The number of benzene rings is 10. The highest BCUT2D eigenvalue weighted by Gasteiger charge is 2.24. The van der Waals surface area contributed by atoms with Gasteiger partial charge in [0, 0.05) is 54.9 Å². The number of fused-ring (bicyclic) bond motifs is 8. The van der Waals surface area contributed by atoms with E-state index in [0.717, 1.165) is 66.6 Å². The molecule has 0 atom stereocenters. The van der Waals surface area contributed by atoms with Crippen LogP contribution in [0.3, 0.4) is 0 Å². The third-order valence-electron chi connectivity index (χ3n) is 12.2. The molecule has 0 saturated heterocycles. The molecule has 12 aromatic rings. The molecule has 0 saturated carbocycles. The number of aromatic nitrogens is 1. The molecule has 0 aliphatic rings. The van der Waals surface area contributed by atoms with Gasteiger partial charge in [0.2, 0.25) is 0 Å². The van der Waals surface area contributed by atoms with Crippen LogP contribution in [0.15, 0.2) is 235 Å². The zero-order valence-corrected chi connectivity index (χ0v) is 33.2. The van der Waals surface area contributed by atoms with Crippen LogP contribution in [0, 0.1) is 0 Å². The lowest BCUT2D eigenvalue weighted by Gasteiger charge is -2.27. The minimum atomic E-state index is 0.861. The molecule has 2 aromatic heterocycles. The van der Waals surface area contributed by atoms with Crippen LogP contribution < -0.4 is 4.90 Å². The maximum atomic E-state index is 6.96. The molecule has 3 nitrogen and oxygen atoms in total. The van der Waals surface area contributed by atoms with E-state index in [-0.39, 0.29) is 0 Å². The van der Waals surface area contributed by atoms with Crippen LogP contribution in [-0.2, 0) is 0 Å². The predicted molar refractivity (Wildman–Crippen MR) is 257 cm³/mol. The van der Waals surface area contributed by atoms with Crippen molar-refractivity contribution in [3.63, 3.8) is 0 Å². The summed E-state index contributed by atoms with van der Waals surface area (Å²) >= 11 is 0. The fourth-order valence-corrected chi connectivity index (χ4v) is 9.41. The number of nitrogens with zero attached hydrogens (tertiary/aromatic N) is 2. The highest BCUT2D eigenvalue weighted by molar-refractivity contribution is 6.24. The Morgan fingerprint density at radius 2 is 0.869 bits per heavy atom. The van der Waals surface area contributed by atoms with Gasteiger partial charge >= 0.3 is 0 Å². The first-order valence-electron chi connectivity index (χ1n) is 20.8. The molecule has 10 aromatic carbocycles. The Labute approximate surface area is 353 Å². The summed E-state index contributed by atoms with van der Waals surface area (Å²) in [4.78, 5) is 2.40. The lowest BCUT2D eigenvalue weighted by molar-refractivity contribution is 0.673. The van der Waals surface area contributed by atoms with Crippen molar-refractivity contribution in [3.8, 4) is 39.1 Å². The molecule has 61 heavy (non-hydrogen) atoms. The van der Waals surface area contributed by atoms with Crippen LogP contribution in [0.2, 0.25) is 0 Å². The van der Waals surface area contributed by atoms with Gasteiger partial charge in [-0.3, -0.25) is 0 Å². The first-order chi connectivity index (χ1) is 30.3. The van der Waals surface area contributed by atoms with Gasteiger partial charge in [0.05, 0.1) is 16.7 Å². The van der Waals surface area contributed by atoms with Crippen molar-refractivity contribution in [1.29, 1.82) is 0 Å². The Hall–Kier alpha value is -8.14. The summed E-state index contributed by atoms with van der Waals surface area (Å²) in [5.74, 6) is 0. The van der Waals surface area contributed by atoms with Gasteiger partial charge in [-0.25, -0.2) is 0 Å². The monoisotopic (exact) mass is 778 g/mol. The molecule has 0 fully saturated rings. The first-order valence-corrected chi connectivity index (χ1v) is 20.8. The van der Waals surface area contributed by atoms with Gasteiger partial charge < -0.3 is 13.9 Å². The van der Waals surface area contributed by atoms with Crippen LogP contribution in [0.4, 0.5) is 17.1 Å². The number of hydrogen-bond acceptors (Lipinski definition) is 2. The molecular weight excluding hydrogens is 741 g/mol. The largest absolute Gasteiger partial charge is 0.455 e. The Bertz CT molecular complexity index is 3470. The first kappa shape index (κ1) is 34.9. The van der Waals surface area contributed by atoms with E-state index in [9.17, 15) is 0 Å². The second kappa shape index (κ2) is 14.3. The summed E-state index contributed by atoms with van der Waals surface area (Å²) in [6.45, 7) is 0. The Kier molecular flexibility index (Phi) is 8.17. The van der Waals surface area contributed by atoms with Crippen molar-refractivity contribution in [2.45, 2.75) is 0 Å². The minimum Gasteiger partial charge on any atom is -0.455 e. The summed E-state index contributed by atoms with van der Waals surface area (Å²) < 4.78 is 9.38. The van der Waals surface area contributed by atoms with Crippen LogP contribution in [-0.4, -0.2) is 4.57 Å². The maximum Gasteiger partial charge on any atom is 0.143 e. The van der Waals surface area contributed by atoms with Gasteiger partial charge in [-0.1, -0.05) is 176 Å². The normalized spacial score (nSPS) is 11.6. The minimum absolute atomic E-state index is 0.861. The number of para-hydroxylation sites is 3. The molecule has 0 amide bonds. The standard InChI is InChI=1S/C58H38N2O/c1-4-16-39(17-5-1)41-30-34-44(35-31-41)59(45-36-32-42(33-37-45)40-18-6-2-7-19-40)54-38-52-56-48(25-15-29-55(56)61-58(52)51-24-11-10-23-47(51)54)50-27-14-26-49-46-22-12-13-28-53(46)60(57(49)50)43-20-8-3-9-21-43/h1-38H. The summed E-state index contributed by atoms with van der Waals surface area (Å²) in [7, 11) is 0. The molecular formula is C58H38N2O. The zero-order valence-electron chi connectivity index (χ0n) is 33.2. The van der Waals surface area contributed by atoms with E-state index in [1.54, 1.807) is 0 Å². The average molecular weight is 779 g/mol. The van der Waals surface area contributed by atoms with Crippen LogP contribution in [0.1, 0.15) is 0 Å². The Balaban J connectivity index is 1.12.